The van der Waals surface area contributed by atoms with Crippen LogP contribution in [0.3, 0.4) is 0 Å². The standard InChI is InChI=1S/C59H37N5/c1-4-17-38(18-5-1)40-23-16-24-43(33-40)58-60-57(39-19-6-2-7-20-39)61-59(62-58)48-31-32-53(46-28-13-12-27-45(46)48)64-52-30-15-14-29-47(52)50-36-51-49-34-41-21-10-11-22-42(41)35-54(49)63(55(51)37-56(50)64)44-25-8-3-9-26-44/h1-37H. The maximum atomic E-state index is 5.26. The van der Waals surface area contributed by atoms with Crippen LogP contribution in [0.1, 0.15) is 0 Å². The predicted octanol–water partition coefficient (Wildman–Crippen LogP) is 15.0. The average molecular weight is 816 g/mol. The summed E-state index contributed by atoms with van der Waals surface area (Å²) in [6.07, 6.45) is 0. The number of nitrogens with zero attached hydrogens (tertiary/aromatic N) is 5. The van der Waals surface area contributed by atoms with E-state index < -0.39 is 0 Å². The lowest BCUT2D eigenvalue weighted by molar-refractivity contribution is 1.08. The molecule has 0 aliphatic rings. The van der Waals surface area contributed by atoms with Gasteiger partial charge in [-0.25, -0.2) is 15.0 Å². The molecule has 0 N–H and O–H groups in total. The van der Waals surface area contributed by atoms with Gasteiger partial charge in [0, 0.05) is 49.3 Å². The third-order valence-corrected chi connectivity index (χ3v) is 12.7. The van der Waals surface area contributed by atoms with Crippen LogP contribution in [0, 0.1) is 0 Å². The van der Waals surface area contributed by atoms with Gasteiger partial charge in [-0.2, -0.15) is 0 Å². The molecular weight excluding hydrogens is 779 g/mol. The second kappa shape index (κ2) is 14.5. The molecule has 0 unspecified atom stereocenters. The first-order valence-corrected chi connectivity index (χ1v) is 21.7. The molecule has 64 heavy (non-hydrogen) atoms. The summed E-state index contributed by atoms with van der Waals surface area (Å²) in [7, 11) is 0. The molecule has 10 aromatic carbocycles. The van der Waals surface area contributed by atoms with Gasteiger partial charge in [0.25, 0.3) is 0 Å². The highest BCUT2D eigenvalue weighted by atomic mass is 15.0. The zero-order valence-corrected chi connectivity index (χ0v) is 34.6. The molecule has 13 rings (SSSR count). The van der Waals surface area contributed by atoms with Gasteiger partial charge in [0.2, 0.25) is 0 Å². The monoisotopic (exact) mass is 815 g/mol. The minimum atomic E-state index is 0.625. The Kier molecular flexibility index (Phi) is 8.15. The Hall–Kier alpha value is -8.67. The van der Waals surface area contributed by atoms with E-state index in [1.54, 1.807) is 0 Å². The number of hydrogen-bond acceptors (Lipinski definition) is 3. The first-order chi connectivity index (χ1) is 31.7. The summed E-state index contributed by atoms with van der Waals surface area (Å²) in [4.78, 5) is 15.6. The first kappa shape index (κ1) is 36.0. The Balaban J connectivity index is 1.05. The molecule has 0 aliphatic heterocycles. The van der Waals surface area contributed by atoms with Crippen molar-refractivity contribution in [2.24, 2.45) is 0 Å². The Morgan fingerprint density at radius 1 is 0.266 bits per heavy atom. The van der Waals surface area contributed by atoms with E-state index in [1.807, 2.05) is 24.3 Å². The lowest BCUT2D eigenvalue weighted by atomic mass is 10.0. The van der Waals surface area contributed by atoms with Gasteiger partial charge in [-0.15, -0.1) is 0 Å². The van der Waals surface area contributed by atoms with E-state index in [0.717, 1.165) is 66.5 Å². The third kappa shape index (κ3) is 5.75. The number of rotatable bonds is 6. The van der Waals surface area contributed by atoms with Crippen LogP contribution in [-0.2, 0) is 0 Å². The Bertz CT molecular complexity index is 3940. The Morgan fingerprint density at radius 3 is 1.58 bits per heavy atom. The van der Waals surface area contributed by atoms with Gasteiger partial charge in [-0.1, -0.05) is 164 Å². The summed E-state index contributed by atoms with van der Waals surface area (Å²) < 4.78 is 4.88. The van der Waals surface area contributed by atoms with E-state index in [9.17, 15) is 0 Å². The topological polar surface area (TPSA) is 48.5 Å². The molecule has 0 saturated heterocycles. The Morgan fingerprint density at radius 2 is 0.797 bits per heavy atom. The third-order valence-electron chi connectivity index (χ3n) is 12.7. The Labute approximate surface area is 368 Å². The van der Waals surface area contributed by atoms with Crippen molar-refractivity contribution in [3.8, 4) is 56.7 Å². The van der Waals surface area contributed by atoms with Gasteiger partial charge >= 0.3 is 0 Å². The lowest BCUT2D eigenvalue weighted by Crippen LogP contribution is -2.02. The largest absolute Gasteiger partial charge is 0.309 e. The molecule has 3 heterocycles. The van der Waals surface area contributed by atoms with Gasteiger partial charge < -0.3 is 9.13 Å². The zero-order chi connectivity index (χ0) is 42.1. The minimum absolute atomic E-state index is 0.625. The lowest BCUT2D eigenvalue weighted by Gasteiger charge is -2.15. The summed E-state index contributed by atoms with van der Waals surface area (Å²) in [6.45, 7) is 0. The maximum absolute atomic E-state index is 5.26. The molecule has 0 aliphatic carbocycles. The van der Waals surface area contributed by atoms with Gasteiger partial charge in [0.1, 0.15) is 0 Å². The van der Waals surface area contributed by atoms with Crippen molar-refractivity contribution in [3.05, 3.63) is 224 Å². The van der Waals surface area contributed by atoms with Crippen molar-refractivity contribution >= 4 is 65.2 Å². The van der Waals surface area contributed by atoms with Crippen LogP contribution in [0.2, 0.25) is 0 Å². The van der Waals surface area contributed by atoms with E-state index in [2.05, 4.69) is 209 Å². The molecule has 0 amide bonds. The van der Waals surface area contributed by atoms with Gasteiger partial charge in [-0.3, -0.25) is 0 Å². The van der Waals surface area contributed by atoms with E-state index in [-0.39, 0.29) is 0 Å². The van der Waals surface area contributed by atoms with Crippen LogP contribution in [0.5, 0.6) is 0 Å². The normalized spacial score (nSPS) is 11.8. The van der Waals surface area contributed by atoms with Crippen LogP contribution in [0.25, 0.3) is 122 Å². The van der Waals surface area contributed by atoms with Crippen molar-refractivity contribution in [1.82, 2.24) is 24.1 Å². The van der Waals surface area contributed by atoms with E-state index >= 15 is 0 Å². The van der Waals surface area contributed by atoms with Gasteiger partial charge in [0.05, 0.1) is 27.8 Å². The molecular formula is C59H37N5. The highest BCUT2D eigenvalue weighted by Crippen LogP contribution is 2.43. The fraction of sp³-hybridized carbons (Fsp3) is 0. The highest BCUT2D eigenvalue weighted by Gasteiger charge is 2.22. The summed E-state index contributed by atoms with van der Waals surface area (Å²) >= 11 is 0. The molecule has 5 heteroatoms. The SMILES string of the molecule is c1ccc(-c2cccc(-c3nc(-c4ccccc4)nc(-c4ccc(-n5c6ccccc6c6cc7c8cc9ccccc9cc8n(-c8ccccc8)c7cc65)c5ccccc45)n3)c2)cc1. The van der Waals surface area contributed by atoms with Gasteiger partial charge in [-0.05, 0) is 87.9 Å². The summed E-state index contributed by atoms with van der Waals surface area (Å²) in [5, 5.41) is 9.52. The van der Waals surface area contributed by atoms with E-state index in [0.29, 0.717) is 17.5 Å². The fourth-order valence-corrected chi connectivity index (χ4v) is 9.76. The van der Waals surface area contributed by atoms with Gasteiger partial charge in [0.15, 0.2) is 17.5 Å². The predicted molar refractivity (Wildman–Crippen MR) is 265 cm³/mol. The summed E-state index contributed by atoms with van der Waals surface area (Å²) in [5.74, 6) is 1.88. The number of para-hydroxylation sites is 2. The fourth-order valence-electron chi connectivity index (χ4n) is 9.76. The van der Waals surface area contributed by atoms with Crippen molar-refractivity contribution < 1.29 is 0 Å². The van der Waals surface area contributed by atoms with E-state index in [4.69, 9.17) is 15.0 Å². The molecule has 0 spiro atoms. The highest BCUT2D eigenvalue weighted by molar-refractivity contribution is 6.21. The molecule has 298 valence electrons. The summed E-state index contributed by atoms with van der Waals surface area (Å²) in [6, 6.07) is 79.9. The van der Waals surface area contributed by atoms with Crippen molar-refractivity contribution in [1.29, 1.82) is 0 Å². The van der Waals surface area contributed by atoms with Crippen molar-refractivity contribution in [3.63, 3.8) is 0 Å². The average Bonchev–Trinajstić information content (AvgIpc) is 3.86. The van der Waals surface area contributed by atoms with Crippen molar-refractivity contribution in [2.45, 2.75) is 0 Å². The number of hydrogen-bond donors (Lipinski definition) is 0. The van der Waals surface area contributed by atoms with Crippen LogP contribution in [-0.4, -0.2) is 24.1 Å². The molecule has 0 saturated carbocycles. The molecule has 0 fully saturated rings. The number of aromatic nitrogens is 5. The molecule has 3 aromatic heterocycles. The second-order valence-electron chi connectivity index (χ2n) is 16.4. The first-order valence-electron chi connectivity index (χ1n) is 21.7. The zero-order valence-electron chi connectivity index (χ0n) is 34.6. The molecule has 5 nitrogen and oxygen atoms in total. The van der Waals surface area contributed by atoms with Crippen LogP contribution in [0.4, 0.5) is 0 Å². The van der Waals surface area contributed by atoms with Crippen molar-refractivity contribution in [2.75, 3.05) is 0 Å². The van der Waals surface area contributed by atoms with Crippen LogP contribution >= 0.6 is 0 Å². The molecule has 0 radical (unpaired) electrons. The smallest absolute Gasteiger partial charge is 0.164 e. The molecule has 0 bridgehead atoms. The number of benzene rings is 10. The van der Waals surface area contributed by atoms with Crippen LogP contribution < -0.4 is 0 Å². The van der Waals surface area contributed by atoms with Crippen LogP contribution in [0.15, 0.2) is 224 Å². The quantitative estimate of drug-likeness (QED) is 0.168. The molecule has 0 atom stereocenters. The summed E-state index contributed by atoms with van der Waals surface area (Å²) in [5.41, 5.74) is 11.9. The number of fused-ring (bicyclic) bond motifs is 8. The minimum Gasteiger partial charge on any atom is -0.309 e. The second-order valence-corrected chi connectivity index (χ2v) is 16.4. The van der Waals surface area contributed by atoms with E-state index in [1.165, 1.54) is 37.8 Å². The molecule has 13 aromatic rings. The maximum Gasteiger partial charge on any atom is 0.164 e.